The fraction of sp³-hybridized carbons (Fsp3) is 0.0714. The molecule has 0 aliphatic carbocycles. The molecule has 90 valence electrons. The van der Waals surface area contributed by atoms with Gasteiger partial charge >= 0.3 is 0 Å². The molecule has 0 radical (unpaired) electrons. The zero-order valence-corrected chi connectivity index (χ0v) is 10.9. The predicted octanol–water partition coefficient (Wildman–Crippen LogP) is 4.03. The number of hydrogen-bond acceptors (Lipinski definition) is 3. The molecule has 0 aliphatic rings. The van der Waals surface area contributed by atoms with E-state index in [0.717, 1.165) is 21.2 Å². The Kier molecular flexibility index (Phi) is 3.04. The van der Waals surface area contributed by atoms with Gasteiger partial charge < -0.3 is 5.11 Å². The summed E-state index contributed by atoms with van der Waals surface area (Å²) in [6, 6.07) is 11.5. The number of rotatable bonds is 2. The van der Waals surface area contributed by atoms with E-state index in [2.05, 4.69) is 4.98 Å². The van der Waals surface area contributed by atoms with Gasteiger partial charge in [0.05, 0.1) is 4.34 Å². The van der Waals surface area contributed by atoms with Gasteiger partial charge in [-0.3, -0.25) is 4.98 Å². The van der Waals surface area contributed by atoms with Gasteiger partial charge in [0.25, 0.3) is 0 Å². The minimum atomic E-state index is -0.680. The van der Waals surface area contributed by atoms with Crippen LogP contribution in [0.3, 0.4) is 0 Å². The van der Waals surface area contributed by atoms with Crippen LogP contribution in [-0.2, 0) is 0 Å². The minimum absolute atomic E-state index is 0.678. The zero-order chi connectivity index (χ0) is 12.5. The lowest BCUT2D eigenvalue weighted by atomic mass is 10.0. The van der Waals surface area contributed by atoms with Crippen LogP contribution in [0.4, 0.5) is 0 Å². The number of thiophene rings is 1. The summed E-state index contributed by atoms with van der Waals surface area (Å²) in [5, 5.41) is 12.5. The molecule has 1 unspecified atom stereocenters. The van der Waals surface area contributed by atoms with Gasteiger partial charge in [0, 0.05) is 28.2 Å². The lowest BCUT2D eigenvalue weighted by Gasteiger charge is -2.11. The molecule has 0 aliphatic heterocycles. The van der Waals surface area contributed by atoms with Gasteiger partial charge in [0.15, 0.2) is 0 Å². The lowest BCUT2D eigenvalue weighted by molar-refractivity contribution is 0.225. The second kappa shape index (κ2) is 4.69. The SMILES string of the molecule is OC(c1ccc(Cl)s1)c1cncc2ccccc12. The summed E-state index contributed by atoms with van der Waals surface area (Å²) in [4.78, 5) is 5.01. The van der Waals surface area contributed by atoms with Gasteiger partial charge in [-0.25, -0.2) is 0 Å². The first kappa shape index (κ1) is 11.7. The van der Waals surface area contributed by atoms with Crippen LogP contribution in [0, 0.1) is 0 Å². The summed E-state index contributed by atoms with van der Waals surface area (Å²) in [6.07, 6.45) is 2.83. The van der Waals surface area contributed by atoms with Crippen LogP contribution in [0.1, 0.15) is 16.5 Å². The molecule has 0 saturated heterocycles. The van der Waals surface area contributed by atoms with Crippen molar-refractivity contribution in [3.8, 4) is 0 Å². The highest BCUT2D eigenvalue weighted by Gasteiger charge is 2.15. The molecule has 1 aromatic carbocycles. The van der Waals surface area contributed by atoms with Crippen LogP contribution in [0.25, 0.3) is 10.8 Å². The second-order valence-electron chi connectivity index (χ2n) is 3.99. The predicted molar refractivity (Wildman–Crippen MR) is 75.1 cm³/mol. The van der Waals surface area contributed by atoms with E-state index in [0.29, 0.717) is 4.34 Å². The van der Waals surface area contributed by atoms with Crippen LogP contribution < -0.4 is 0 Å². The van der Waals surface area contributed by atoms with Crippen molar-refractivity contribution in [3.05, 3.63) is 63.6 Å². The van der Waals surface area contributed by atoms with Crippen molar-refractivity contribution in [2.75, 3.05) is 0 Å². The summed E-state index contributed by atoms with van der Waals surface area (Å²) < 4.78 is 0.678. The summed E-state index contributed by atoms with van der Waals surface area (Å²) in [7, 11) is 0. The van der Waals surface area contributed by atoms with E-state index in [-0.39, 0.29) is 0 Å². The van der Waals surface area contributed by atoms with Crippen molar-refractivity contribution < 1.29 is 5.11 Å². The highest BCUT2D eigenvalue weighted by Crippen LogP contribution is 2.33. The van der Waals surface area contributed by atoms with Gasteiger partial charge in [-0.15, -0.1) is 11.3 Å². The maximum Gasteiger partial charge on any atom is 0.115 e. The van der Waals surface area contributed by atoms with E-state index >= 15 is 0 Å². The molecule has 18 heavy (non-hydrogen) atoms. The standard InChI is InChI=1S/C14H10ClNOS/c15-13-6-5-12(18-13)14(17)11-8-16-7-9-3-1-2-4-10(9)11/h1-8,14,17H. The normalized spacial score (nSPS) is 12.8. The second-order valence-corrected chi connectivity index (χ2v) is 5.74. The number of benzene rings is 1. The Morgan fingerprint density at radius 2 is 1.94 bits per heavy atom. The first-order valence-electron chi connectivity index (χ1n) is 5.51. The summed E-state index contributed by atoms with van der Waals surface area (Å²) in [5.41, 5.74) is 0.812. The fourth-order valence-corrected chi connectivity index (χ4v) is 3.05. The van der Waals surface area contributed by atoms with Gasteiger partial charge in [0.2, 0.25) is 0 Å². The van der Waals surface area contributed by atoms with Gasteiger partial charge in [-0.2, -0.15) is 0 Å². The number of hydrogen-bond donors (Lipinski definition) is 1. The van der Waals surface area contributed by atoms with E-state index < -0.39 is 6.10 Å². The average molecular weight is 276 g/mol. The van der Waals surface area contributed by atoms with Gasteiger partial charge in [-0.05, 0) is 17.5 Å². The quantitative estimate of drug-likeness (QED) is 0.766. The summed E-state index contributed by atoms with van der Waals surface area (Å²) in [5.74, 6) is 0. The van der Waals surface area contributed by atoms with Crippen molar-refractivity contribution in [1.82, 2.24) is 4.98 Å². The summed E-state index contributed by atoms with van der Waals surface area (Å²) >= 11 is 7.29. The van der Waals surface area contributed by atoms with E-state index in [4.69, 9.17) is 11.6 Å². The molecule has 0 fully saturated rings. The Morgan fingerprint density at radius 3 is 2.72 bits per heavy atom. The van der Waals surface area contributed by atoms with Crippen LogP contribution in [0.15, 0.2) is 48.8 Å². The molecule has 3 rings (SSSR count). The molecule has 0 bridgehead atoms. The molecule has 1 N–H and O–H groups in total. The van der Waals surface area contributed by atoms with Crippen molar-refractivity contribution in [2.24, 2.45) is 0 Å². The maximum absolute atomic E-state index is 10.4. The molecule has 0 saturated carbocycles. The Bertz CT molecular complexity index is 690. The van der Waals surface area contributed by atoms with Crippen molar-refractivity contribution in [1.29, 1.82) is 0 Å². The number of aliphatic hydroxyl groups excluding tert-OH is 1. The smallest absolute Gasteiger partial charge is 0.115 e. The Balaban J connectivity index is 2.14. The Hall–Kier alpha value is -1.42. The van der Waals surface area contributed by atoms with Crippen molar-refractivity contribution >= 4 is 33.7 Å². The van der Waals surface area contributed by atoms with E-state index in [1.54, 1.807) is 18.5 Å². The third-order valence-corrected chi connectivity index (χ3v) is 4.14. The van der Waals surface area contributed by atoms with Crippen molar-refractivity contribution in [2.45, 2.75) is 6.10 Å². The number of halogens is 1. The van der Waals surface area contributed by atoms with Gasteiger partial charge in [-0.1, -0.05) is 35.9 Å². The summed E-state index contributed by atoms with van der Waals surface area (Å²) in [6.45, 7) is 0. The van der Waals surface area contributed by atoms with Crippen LogP contribution >= 0.6 is 22.9 Å². The third kappa shape index (κ3) is 2.01. The van der Waals surface area contributed by atoms with Crippen LogP contribution in [-0.4, -0.2) is 10.1 Å². The van der Waals surface area contributed by atoms with E-state index in [1.165, 1.54) is 11.3 Å². The number of pyridine rings is 1. The fourth-order valence-electron chi connectivity index (χ4n) is 1.99. The molecular formula is C14H10ClNOS. The highest BCUT2D eigenvalue weighted by atomic mass is 35.5. The number of fused-ring (bicyclic) bond motifs is 1. The molecule has 2 heterocycles. The molecule has 0 amide bonds. The zero-order valence-electron chi connectivity index (χ0n) is 9.38. The van der Waals surface area contributed by atoms with E-state index in [1.807, 2.05) is 30.3 Å². The molecule has 1 atom stereocenters. The minimum Gasteiger partial charge on any atom is -0.383 e. The first-order valence-corrected chi connectivity index (χ1v) is 6.71. The molecule has 2 aromatic heterocycles. The molecular weight excluding hydrogens is 266 g/mol. The first-order chi connectivity index (χ1) is 8.75. The molecule has 3 aromatic rings. The Morgan fingerprint density at radius 1 is 1.11 bits per heavy atom. The average Bonchev–Trinajstić information content (AvgIpc) is 2.84. The number of nitrogens with zero attached hydrogens (tertiary/aromatic N) is 1. The Labute approximate surface area is 113 Å². The van der Waals surface area contributed by atoms with Gasteiger partial charge in [0.1, 0.15) is 6.10 Å². The molecule has 2 nitrogen and oxygen atoms in total. The monoisotopic (exact) mass is 275 g/mol. The van der Waals surface area contributed by atoms with E-state index in [9.17, 15) is 5.11 Å². The molecule has 4 heteroatoms. The largest absolute Gasteiger partial charge is 0.383 e. The third-order valence-electron chi connectivity index (χ3n) is 2.86. The number of aliphatic hydroxyl groups is 1. The van der Waals surface area contributed by atoms with Crippen LogP contribution in [0.5, 0.6) is 0 Å². The maximum atomic E-state index is 10.4. The number of aromatic nitrogens is 1. The van der Waals surface area contributed by atoms with Crippen LogP contribution in [0.2, 0.25) is 4.34 Å². The van der Waals surface area contributed by atoms with Crippen molar-refractivity contribution in [3.63, 3.8) is 0 Å². The lowest BCUT2D eigenvalue weighted by Crippen LogP contribution is -1.98. The topological polar surface area (TPSA) is 33.1 Å². The highest BCUT2D eigenvalue weighted by molar-refractivity contribution is 7.16. The molecule has 0 spiro atoms.